The number of hydrazine groups is 1. The maximum atomic E-state index is 11.7. The number of carbonyl (C=O) groups excluding carboxylic acids is 1. The largest absolute Gasteiger partial charge is 0.343 e. The van der Waals surface area contributed by atoms with Gasteiger partial charge < -0.3 is 4.57 Å². The molecule has 20 heavy (non-hydrogen) atoms. The number of hydrogen-bond donors (Lipinski definition) is 2. The Balaban J connectivity index is 2.00. The Hall–Kier alpha value is -1.63. The van der Waals surface area contributed by atoms with Gasteiger partial charge in [-0.1, -0.05) is 22.0 Å². The first-order chi connectivity index (χ1) is 9.69. The minimum atomic E-state index is -0.243. The molecule has 0 saturated carbocycles. The van der Waals surface area contributed by atoms with E-state index in [1.54, 1.807) is 0 Å². The fourth-order valence-electron chi connectivity index (χ4n) is 2.20. The van der Waals surface area contributed by atoms with Crippen molar-refractivity contribution < 1.29 is 4.79 Å². The van der Waals surface area contributed by atoms with Gasteiger partial charge in [0.05, 0.1) is 4.88 Å². The zero-order valence-electron chi connectivity index (χ0n) is 10.5. The molecule has 1 amide bonds. The standard InChI is InChI=1S/C14H12BrN3OS/c15-11-2-1-9-3-5-18(12(9)7-11)8-10-4-6-20-13(10)14(19)17-16/h1-7H,8,16H2,(H,17,19). The molecule has 3 aromatic rings. The van der Waals surface area contributed by atoms with Crippen LogP contribution in [0, 0.1) is 0 Å². The maximum Gasteiger partial charge on any atom is 0.275 e. The third kappa shape index (κ3) is 2.37. The van der Waals surface area contributed by atoms with Crippen LogP contribution in [0.25, 0.3) is 10.9 Å². The number of benzene rings is 1. The second kappa shape index (κ2) is 5.40. The van der Waals surface area contributed by atoms with E-state index in [1.807, 2.05) is 23.7 Å². The van der Waals surface area contributed by atoms with Crippen molar-refractivity contribution in [3.8, 4) is 0 Å². The fraction of sp³-hybridized carbons (Fsp3) is 0.0714. The van der Waals surface area contributed by atoms with Crippen LogP contribution in [0.15, 0.2) is 46.4 Å². The Labute approximate surface area is 128 Å². The number of hydrogen-bond acceptors (Lipinski definition) is 3. The summed E-state index contributed by atoms with van der Waals surface area (Å²) in [7, 11) is 0. The van der Waals surface area contributed by atoms with Gasteiger partial charge in [0.1, 0.15) is 0 Å². The molecule has 2 heterocycles. The first-order valence-corrected chi connectivity index (χ1v) is 7.68. The summed E-state index contributed by atoms with van der Waals surface area (Å²) in [5, 5.41) is 3.08. The van der Waals surface area contributed by atoms with Crippen LogP contribution in [-0.2, 0) is 6.54 Å². The Morgan fingerprint density at radius 3 is 3.00 bits per heavy atom. The number of nitrogen functional groups attached to an aromatic ring is 1. The van der Waals surface area contributed by atoms with E-state index in [9.17, 15) is 4.79 Å². The van der Waals surface area contributed by atoms with E-state index in [1.165, 1.54) is 16.7 Å². The maximum absolute atomic E-state index is 11.7. The van der Waals surface area contributed by atoms with E-state index in [-0.39, 0.29) is 5.91 Å². The molecule has 0 aliphatic rings. The van der Waals surface area contributed by atoms with Crippen LogP contribution in [-0.4, -0.2) is 10.5 Å². The van der Waals surface area contributed by atoms with E-state index < -0.39 is 0 Å². The zero-order valence-corrected chi connectivity index (χ0v) is 12.9. The molecule has 102 valence electrons. The van der Waals surface area contributed by atoms with E-state index in [0.717, 1.165) is 15.6 Å². The highest BCUT2D eigenvalue weighted by Crippen LogP contribution is 2.24. The zero-order chi connectivity index (χ0) is 14.1. The van der Waals surface area contributed by atoms with Gasteiger partial charge >= 0.3 is 0 Å². The summed E-state index contributed by atoms with van der Waals surface area (Å²) >= 11 is 4.88. The number of halogens is 1. The number of nitrogens with two attached hydrogens (primary N) is 1. The Kier molecular flexibility index (Phi) is 3.60. The number of nitrogens with zero attached hydrogens (tertiary/aromatic N) is 1. The number of fused-ring (bicyclic) bond motifs is 1. The van der Waals surface area contributed by atoms with Crippen molar-refractivity contribution in [3.05, 3.63) is 56.8 Å². The minimum Gasteiger partial charge on any atom is -0.343 e. The second-order valence-corrected chi connectivity index (χ2v) is 6.23. The highest BCUT2D eigenvalue weighted by Gasteiger charge is 2.13. The number of nitrogens with one attached hydrogen (secondary N) is 1. The SMILES string of the molecule is NNC(=O)c1sccc1Cn1ccc2ccc(Br)cc21. The van der Waals surface area contributed by atoms with E-state index in [0.29, 0.717) is 11.4 Å². The fourth-order valence-corrected chi connectivity index (χ4v) is 3.37. The molecule has 0 bridgehead atoms. The van der Waals surface area contributed by atoms with Crippen LogP contribution in [0.5, 0.6) is 0 Å². The molecule has 0 aliphatic carbocycles. The van der Waals surface area contributed by atoms with E-state index >= 15 is 0 Å². The van der Waals surface area contributed by atoms with Gasteiger partial charge in [-0.25, -0.2) is 5.84 Å². The van der Waals surface area contributed by atoms with Gasteiger partial charge in [0.25, 0.3) is 5.91 Å². The quantitative estimate of drug-likeness (QED) is 0.433. The molecule has 0 fully saturated rings. The van der Waals surface area contributed by atoms with Gasteiger partial charge in [-0.3, -0.25) is 10.2 Å². The van der Waals surface area contributed by atoms with Crippen molar-refractivity contribution in [2.24, 2.45) is 5.84 Å². The van der Waals surface area contributed by atoms with Crippen LogP contribution in [0.1, 0.15) is 15.2 Å². The van der Waals surface area contributed by atoms with Crippen LogP contribution in [0.4, 0.5) is 0 Å². The van der Waals surface area contributed by atoms with Crippen LogP contribution in [0.2, 0.25) is 0 Å². The first kappa shape index (κ1) is 13.4. The molecule has 2 aromatic heterocycles. The molecule has 0 aliphatic heterocycles. The number of amides is 1. The molecular weight excluding hydrogens is 338 g/mol. The van der Waals surface area contributed by atoms with Crippen LogP contribution in [0.3, 0.4) is 0 Å². The summed E-state index contributed by atoms with van der Waals surface area (Å²) in [6.07, 6.45) is 2.03. The lowest BCUT2D eigenvalue weighted by molar-refractivity contribution is 0.0957. The van der Waals surface area contributed by atoms with Crippen LogP contribution >= 0.6 is 27.3 Å². The van der Waals surface area contributed by atoms with E-state index in [2.05, 4.69) is 44.1 Å². The lowest BCUT2D eigenvalue weighted by Crippen LogP contribution is -2.30. The molecule has 0 saturated heterocycles. The average Bonchev–Trinajstić information content (AvgIpc) is 3.06. The van der Waals surface area contributed by atoms with Crippen molar-refractivity contribution in [2.45, 2.75) is 6.54 Å². The monoisotopic (exact) mass is 349 g/mol. The molecule has 4 nitrogen and oxygen atoms in total. The molecule has 0 unspecified atom stereocenters. The summed E-state index contributed by atoms with van der Waals surface area (Å²) in [6, 6.07) is 10.2. The summed E-state index contributed by atoms with van der Waals surface area (Å²) in [6.45, 7) is 0.645. The topological polar surface area (TPSA) is 60.0 Å². The highest BCUT2D eigenvalue weighted by atomic mass is 79.9. The second-order valence-electron chi connectivity index (χ2n) is 4.40. The average molecular weight is 350 g/mol. The van der Waals surface area contributed by atoms with Gasteiger partial charge in [0.2, 0.25) is 0 Å². The van der Waals surface area contributed by atoms with Crippen LogP contribution < -0.4 is 11.3 Å². The lowest BCUT2D eigenvalue weighted by Gasteiger charge is -2.06. The summed E-state index contributed by atoms with van der Waals surface area (Å²) in [5.74, 6) is 4.97. The number of aromatic nitrogens is 1. The van der Waals surface area contributed by atoms with Gasteiger partial charge in [-0.2, -0.15) is 0 Å². The number of thiophene rings is 1. The predicted molar refractivity (Wildman–Crippen MR) is 84.7 cm³/mol. The van der Waals surface area contributed by atoms with Gasteiger partial charge in [-0.15, -0.1) is 11.3 Å². The lowest BCUT2D eigenvalue weighted by atomic mass is 10.2. The normalized spacial score (nSPS) is 10.9. The third-order valence-electron chi connectivity index (χ3n) is 3.16. The molecule has 3 N–H and O–H groups in total. The first-order valence-electron chi connectivity index (χ1n) is 6.01. The van der Waals surface area contributed by atoms with Crippen molar-refractivity contribution >= 4 is 44.1 Å². The Bertz CT molecular complexity index is 778. The third-order valence-corrected chi connectivity index (χ3v) is 4.61. The molecule has 3 rings (SSSR count). The van der Waals surface area contributed by atoms with Crippen molar-refractivity contribution in [1.82, 2.24) is 9.99 Å². The smallest absolute Gasteiger partial charge is 0.275 e. The highest BCUT2D eigenvalue weighted by molar-refractivity contribution is 9.10. The summed E-state index contributed by atoms with van der Waals surface area (Å²) < 4.78 is 3.16. The number of carbonyl (C=O) groups is 1. The number of rotatable bonds is 3. The molecule has 0 radical (unpaired) electrons. The molecule has 1 aromatic carbocycles. The van der Waals surface area contributed by atoms with Crippen molar-refractivity contribution in [3.63, 3.8) is 0 Å². The van der Waals surface area contributed by atoms with E-state index in [4.69, 9.17) is 5.84 Å². The summed E-state index contributed by atoms with van der Waals surface area (Å²) in [4.78, 5) is 12.4. The predicted octanol–water partition coefficient (Wildman–Crippen LogP) is 3.12. The Morgan fingerprint density at radius 2 is 2.20 bits per heavy atom. The minimum absolute atomic E-state index is 0.243. The van der Waals surface area contributed by atoms with Gasteiger partial charge in [-0.05, 0) is 40.6 Å². The molecule has 0 spiro atoms. The van der Waals surface area contributed by atoms with Gasteiger partial charge in [0, 0.05) is 22.7 Å². The molecule has 6 heteroatoms. The van der Waals surface area contributed by atoms with Crippen molar-refractivity contribution in [1.29, 1.82) is 0 Å². The van der Waals surface area contributed by atoms with Gasteiger partial charge in [0.15, 0.2) is 0 Å². The van der Waals surface area contributed by atoms with Crippen molar-refractivity contribution in [2.75, 3.05) is 0 Å². The molecule has 0 atom stereocenters. The molecular formula is C14H12BrN3OS. The summed E-state index contributed by atoms with van der Waals surface area (Å²) in [5.41, 5.74) is 4.29. The Morgan fingerprint density at radius 1 is 1.35 bits per heavy atom.